The monoisotopic (exact) mass is 259 g/mol. The molecule has 0 aliphatic rings. The quantitative estimate of drug-likeness (QED) is 0.825. The molecular formula is C16H21NO2. The average molecular weight is 259 g/mol. The highest BCUT2D eigenvalue weighted by atomic mass is 16.5. The number of nitrogens with one attached hydrogen (secondary N) is 1. The molecule has 0 saturated heterocycles. The van der Waals surface area contributed by atoms with Crippen LogP contribution in [0.25, 0.3) is 0 Å². The molecule has 0 bridgehead atoms. The van der Waals surface area contributed by atoms with Gasteiger partial charge in [0.2, 0.25) is 0 Å². The largest absolute Gasteiger partial charge is 0.496 e. The summed E-state index contributed by atoms with van der Waals surface area (Å²) in [6.07, 6.45) is 3.68. The Balaban J connectivity index is 2.15. The summed E-state index contributed by atoms with van der Waals surface area (Å²) in [7, 11) is 1.71. The molecule has 0 amide bonds. The fraction of sp³-hybridized carbons (Fsp3) is 0.375. The Morgan fingerprint density at radius 1 is 1.21 bits per heavy atom. The molecule has 1 aromatic carbocycles. The summed E-state index contributed by atoms with van der Waals surface area (Å²) in [5.74, 6) is 1.90. The molecule has 0 spiro atoms. The maximum Gasteiger partial charge on any atom is 0.122 e. The molecule has 0 saturated carbocycles. The molecule has 0 fully saturated rings. The van der Waals surface area contributed by atoms with Crippen molar-refractivity contribution >= 4 is 0 Å². The van der Waals surface area contributed by atoms with Gasteiger partial charge in [-0.25, -0.2) is 0 Å². The van der Waals surface area contributed by atoms with E-state index >= 15 is 0 Å². The third-order valence-corrected chi connectivity index (χ3v) is 3.14. The fourth-order valence-corrected chi connectivity index (χ4v) is 2.17. The van der Waals surface area contributed by atoms with Crippen LogP contribution in [-0.4, -0.2) is 13.7 Å². The molecule has 19 heavy (non-hydrogen) atoms. The van der Waals surface area contributed by atoms with E-state index in [-0.39, 0.29) is 6.04 Å². The molecular weight excluding hydrogens is 238 g/mol. The van der Waals surface area contributed by atoms with Gasteiger partial charge in [-0.2, -0.15) is 0 Å². The van der Waals surface area contributed by atoms with Gasteiger partial charge in [0.25, 0.3) is 0 Å². The standard InChI is InChI=1S/C16H21NO2/c1-3-10-17-14(16-9-6-11-19-16)12-13-7-4-5-8-15(13)18-2/h4-9,11,14,17H,3,10,12H2,1-2H3. The van der Waals surface area contributed by atoms with E-state index in [1.807, 2.05) is 30.3 Å². The summed E-state index contributed by atoms with van der Waals surface area (Å²) in [6, 6.07) is 12.3. The highest BCUT2D eigenvalue weighted by Crippen LogP contribution is 2.25. The first-order valence-corrected chi connectivity index (χ1v) is 6.73. The maximum absolute atomic E-state index is 5.54. The van der Waals surface area contributed by atoms with E-state index in [4.69, 9.17) is 9.15 Å². The van der Waals surface area contributed by atoms with Crippen molar-refractivity contribution in [2.75, 3.05) is 13.7 Å². The van der Waals surface area contributed by atoms with Gasteiger partial charge < -0.3 is 14.5 Å². The Hall–Kier alpha value is -1.74. The van der Waals surface area contributed by atoms with Crippen LogP contribution < -0.4 is 10.1 Å². The minimum atomic E-state index is 0.186. The fourth-order valence-electron chi connectivity index (χ4n) is 2.17. The second-order valence-electron chi connectivity index (χ2n) is 4.54. The second-order valence-corrected chi connectivity index (χ2v) is 4.54. The van der Waals surface area contributed by atoms with Gasteiger partial charge in [0.15, 0.2) is 0 Å². The van der Waals surface area contributed by atoms with Gasteiger partial charge in [-0.1, -0.05) is 25.1 Å². The van der Waals surface area contributed by atoms with E-state index in [0.717, 1.165) is 30.9 Å². The van der Waals surface area contributed by atoms with Crippen molar-refractivity contribution in [2.24, 2.45) is 0 Å². The van der Waals surface area contributed by atoms with E-state index in [1.165, 1.54) is 5.56 Å². The third-order valence-electron chi connectivity index (χ3n) is 3.14. The van der Waals surface area contributed by atoms with Crippen molar-refractivity contribution in [3.05, 3.63) is 54.0 Å². The van der Waals surface area contributed by atoms with Crippen LogP contribution in [0.1, 0.15) is 30.7 Å². The molecule has 2 rings (SSSR count). The van der Waals surface area contributed by atoms with Gasteiger partial charge in [0, 0.05) is 0 Å². The number of hydrogen-bond acceptors (Lipinski definition) is 3. The Morgan fingerprint density at radius 2 is 2.05 bits per heavy atom. The highest BCUT2D eigenvalue weighted by Gasteiger charge is 2.16. The normalized spacial score (nSPS) is 12.3. The Bertz CT molecular complexity index is 479. The van der Waals surface area contributed by atoms with Crippen molar-refractivity contribution in [3.63, 3.8) is 0 Å². The zero-order valence-corrected chi connectivity index (χ0v) is 11.6. The number of methoxy groups -OCH3 is 1. The van der Waals surface area contributed by atoms with Crippen molar-refractivity contribution in [1.82, 2.24) is 5.32 Å². The first kappa shape index (κ1) is 13.7. The number of ether oxygens (including phenoxy) is 1. The SMILES string of the molecule is CCCNC(Cc1ccccc1OC)c1ccco1. The minimum absolute atomic E-state index is 0.186. The molecule has 1 heterocycles. The van der Waals surface area contributed by atoms with Gasteiger partial charge in [0.1, 0.15) is 11.5 Å². The molecule has 1 aromatic heterocycles. The predicted octanol–water partition coefficient (Wildman–Crippen LogP) is 3.57. The summed E-state index contributed by atoms with van der Waals surface area (Å²) in [5, 5.41) is 3.52. The summed E-state index contributed by atoms with van der Waals surface area (Å²) in [6.45, 7) is 3.13. The number of para-hydroxylation sites is 1. The number of rotatable bonds is 7. The van der Waals surface area contributed by atoms with Crippen molar-refractivity contribution < 1.29 is 9.15 Å². The highest BCUT2D eigenvalue weighted by molar-refractivity contribution is 5.34. The number of furan rings is 1. The topological polar surface area (TPSA) is 34.4 Å². The maximum atomic E-state index is 5.54. The van der Waals surface area contributed by atoms with Crippen LogP contribution in [0.3, 0.4) is 0 Å². The van der Waals surface area contributed by atoms with Crippen molar-refractivity contribution in [3.8, 4) is 5.75 Å². The van der Waals surface area contributed by atoms with Gasteiger partial charge in [-0.3, -0.25) is 0 Å². The van der Waals surface area contributed by atoms with E-state index in [9.17, 15) is 0 Å². The van der Waals surface area contributed by atoms with Gasteiger partial charge >= 0.3 is 0 Å². The van der Waals surface area contributed by atoms with E-state index in [1.54, 1.807) is 13.4 Å². The van der Waals surface area contributed by atoms with Crippen LogP contribution in [0.5, 0.6) is 5.75 Å². The predicted molar refractivity (Wildman–Crippen MR) is 76.4 cm³/mol. The van der Waals surface area contributed by atoms with Crippen LogP contribution in [-0.2, 0) is 6.42 Å². The van der Waals surface area contributed by atoms with Crippen LogP contribution in [0, 0.1) is 0 Å². The first-order valence-electron chi connectivity index (χ1n) is 6.73. The zero-order chi connectivity index (χ0) is 13.5. The molecule has 102 valence electrons. The van der Waals surface area contributed by atoms with Crippen LogP contribution in [0.2, 0.25) is 0 Å². The van der Waals surface area contributed by atoms with Crippen molar-refractivity contribution in [1.29, 1.82) is 0 Å². The lowest BCUT2D eigenvalue weighted by Gasteiger charge is -2.17. The minimum Gasteiger partial charge on any atom is -0.496 e. The molecule has 3 heteroatoms. The third kappa shape index (κ3) is 3.61. The second kappa shape index (κ2) is 7.00. The van der Waals surface area contributed by atoms with E-state index in [2.05, 4.69) is 18.3 Å². The smallest absolute Gasteiger partial charge is 0.122 e. The van der Waals surface area contributed by atoms with Gasteiger partial charge in [-0.15, -0.1) is 0 Å². The summed E-state index contributed by atoms with van der Waals surface area (Å²) in [5.41, 5.74) is 1.19. The van der Waals surface area contributed by atoms with Crippen LogP contribution in [0.15, 0.2) is 47.1 Å². The molecule has 3 nitrogen and oxygen atoms in total. The Kier molecular flexibility index (Phi) is 5.04. The molecule has 0 aliphatic heterocycles. The van der Waals surface area contributed by atoms with Crippen LogP contribution >= 0.6 is 0 Å². The zero-order valence-electron chi connectivity index (χ0n) is 11.6. The summed E-state index contributed by atoms with van der Waals surface area (Å²) < 4.78 is 10.9. The van der Waals surface area contributed by atoms with E-state index in [0.29, 0.717) is 0 Å². The Morgan fingerprint density at radius 3 is 2.74 bits per heavy atom. The van der Waals surface area contributed by atoms with Crippen molar-refractivity contribution in [2.45, 2.75) is 25.8 Å². The lowest BCUT2D eigenvalue weighted by Crippen LogP contribution is -2.23. The van der Waals surface area contributed by atoms with Crippen LogP contribution in [0.4, 0.5) is 0 Å². The molecule has 0 aliphatic carbocycles. The average Bonchev–Trinajstić information content (AvgIpc) is 2.98. The molecule has 1 atom stereocenters. The lowest BCUT2D eigenvalue weighted by molar-refractivity contribution is 0.389. The molecule has 2 aromatic rings. The first-order chi connectivity index (χ1) is 9.35. The molecule has 1 N–H and O–H groups in total. The van der Waals surface area contributed by atoms with Gasteiger partial charge in [0.05, 0.1) is 19.4 Å². The summed E-state index contributed by atoms with van der Waals surface area (Å²) in [4.78, 5) is 0. The Labute approximate surface area is 114 Å². The number of hydrogen-bond donors (Lipinski definition) is 1. The van der Waals surface area contributed by atoms with E-state index < -0.39 is 0 Å². The summed E-state index contributed by atoms with van der Waals surface area (Å²) >= 11 is 0. The molecule has 0 radical (unpaired) electrons. The number of benzene rings is 1. The molecule has 1 unspecified atom stereocenters. The lowest BCUT2D eigenvalue weighted by atomic mass is 10.0. The van der Waals surface area contributed by atoms with Gasteiger partial charge in [-0.05, 0) is 43.1 Å².